The first-order valence-electron chi connectivity index (χ1n) is 11.6. The molecule has 1 amide bonds. The minimum Gasteiger partial charge on any atom is -0.454 e. The Morgan fingerprint density at radius 2 is 1.82 bits per heavy atom. The van der Waals surface area contributed by atoms with Gasteiger partial charge in [-0.05, 0) is 60.9 Å². The summed E-state index contributed by atoms with van der Waals surface area (Å²) in [7, 11) is 0. The van der Waals surface area contributed by atoms with E-state index in [1.54, 1.807) is 0 Å². The van der Waals surface area contributed by atoms with Gasteiger partial charge >= 0.3 is 0 Å². The Bertz CT molecular complexity index is 1390. The van der Waals surface area contributed by atoms with Gasteiger partial charge in [-0.2, -0.15) is 10.1 Å². The summed E-state index contributed by atoms with van der Waals surface area (Å²) in [5.41, 5.74) is 3.26. The minimum absolute atomic E-state index is 0.193. The zero-order valence-electron chi connectivity index (χ0n) is 18.8. The minimum atomic E-state index is -0.193. The molecule has 2 aromatic carbocycles. The number of piperidine rings is 1. The maximum Gasteiger partial charge on any atom is 0.286 e. The molecule has 0 N–H and O–H groups in total. The third-order valence-corrected chi connectivity index (χ3v) is 7.42. The number of rotatable bonds is 3. The first-order valence-corrected chi connectivity index (χ1v) is 12.4. The number of amidine groups is 1. The molecule has 0 aliphatic carbocycles. The molecule has 0 atom stereocenters. The summed E-state index contributed by atoms with van der Waals surface area (Å²) < 4.78 is 7.95. The van der Waals surface area contributed by atoms with Gasteiger partial charge in [0, 0.05) is 30.2 Å². The average Bonchev–Trinajstić information content (AvgIpc) is 3.57. The van der Waals surface area contributed by atoms with E-state index in [4.69, 9.17) is 9.52 Å². The lowest BCUT2D eigenvalue weighted by atomic mass is 10.00. The molecule has 0 unspecified atom stereocenters. The number of amides is 1. The van der Waals surface area contributed by atoms with Crippen LogP contribution in [0, 0.1) is 5.92 Å². The Kier molecular flexibility index (Phi) is 5.34. The average molecular weight is 469 g/mol. The fourth-order valence-electron chi connectivity index (χ4n) is 4.37. The number of thioether (sulfide) groups is 1. The molecule has 170 valence electrons. The molecule has 2 aromatic heterocycles. The van der Waals surface area contributed by atoms with Crippen molar-refractivity contribution in [3.05, 3.63) is 77.3 Å². The van der Waals surface area contributed by atoms with E-state index < -0.39 is 0 Å². The van der Waals surface area contributed by atoms with E-state index in [-0.39, 0.29) is 5.91 Å². The van der Waals surface area contributed by atoms with Crippen LogP contribution in [0.5, 0.6) is 0 Å². The number of para-hydroxylation sites is 2. The lowest BCUT2D eigenvalue weighted by Crippen LogP contribution is -2.35. The Morgan fingerprint density at radius 1 is 1.06 bits per heavy atom. The normalized spacial score (nSPS) is 18.3. The van der Waals surface area contributed by atoms with Crippen molar-refractivity contribution >= 4 is 39.9 Å². The zero-order chi connectivity index (χ0) is 23.1. The van der Waals surface area contributed by atoms with Crippen molar-refractivity contribution < 1.29 is 9.21 Å². The second kappa shape index (κ2) is 8.65. The number of carbonyl (C=O) groups excluding carboxylic acids is 1. The number of hydrogen-bond donors (Lipinski definition) is 0. The van der Waals surface area contributed by atoms with Gasteiger partial charge in [-0.25, -0.2) is 4.68 Å². The van der Waals surface area contributed by atoms with Crippen LogP contribution in [-0.4, -0.2) is 38.8 Å². The van der Waals surface area contributed by atoms with E-state index >= 15 is 0 Å². The standard InChI is InChI=1S/C27H24N4O2S/c1-18-11-13-30(14-12-18)27-28-26(32)24(34-27)16-20-17-31(21-8-3-2-4-9-21)29-25(20)23-15-19-7-5-6-10-22(19)33-23/h2-10,15-18H,11-14H2,1H3. The van der Waals surface area contributed by atoms with Crippen molar-refractivity contribution in [3.63, 3.8) is 0 Å². The van der Waals surface area contributed by atoms with Crippen LogP contribution in [0.1, 0.15) is 25.3 Å². The molecule has 0 bridgehead atoms. The van der Waals surface area contributed by atoms with Gasteiger partial charge in [-0.15, -0.1) is 0 Å². The van der Waals surface area contributed by atoms with E-state index in [0.29, 0.717) is 16.4 Å². The highest BCUT2D eigenvalue weighted by atomic mass is 32.2. The first-order chi connectivity index (χ1) is 16.6. The number of fused-ring (bicyclic) bond motifs is 1. The van der Waals surface area contributed by atoms with Crippen molar-refractivity contribution in [2.45, 2.75) is 19.8 Å². The fourth-order valence-corrected chi connectivity index (χ4v) is 5.33. The molecule has 4 aromatic rings. The summed E-state index contributed by atoms with van der Waals surface area (Å²) in [5, 5.41) is 6.66. The Balaban J connectivity index is 1.38. The number of hydrogen-bond acceptors (Lipinski definition) is 5. The van der Waals surface area contributed by atoms with Gasteiger partial charge in [-0.3, -0.25) is 4.79 Å². The Morgan fingerprint density at radius 3 is 2.62 bits per heavy atom. The van der Waals surface area contributed by atoms with Crippen LogP contribution in [0.2, 0.25) is 0 Å². The monoisotopic (exact) mass is 468 g/mol. The number of benzene rings is 2. The summed E-state index contributed by atoms with van der Waals surface area (Å²) in [6.07, 6.45) is 6.10. The summed E-state index contributed by atoms with van der Waals surface area (Å²) in [4.78, 5) is 20.0. The maximum atomic E-state index is 12.8. The van der Waals surface area contributed by atoms with Gasteiger partial charge in [0.1, 0.15) is 11.3 Å². The van der Waals surface area contributed by atoms with Crippen LogP contribution in [-0.2, 0) is 4.79 Å². The van der Waals surface area contributed by atoms with E-state index in [0.717, 1.165) is 59.2 Å². The number of furan rings is 1. The molecule has 2 aliphatic rings. The van der Waals surface area contributed by atoms with Gasteiger partial charge in [-0.1, -0.05) is 43.3 Å². The molecule has 7 heteroatoms. The fraction of sp³-hybridized carbons (Fsp3) is 0.222. The largest absolute Gasteiger partial charge is 0.454 e. The second-order valence-corrected chi connectivity index (χ2v) is 9.85. The van der Waals surface area contributed by atoms with E-state index in [2.05, 4.69) is 16.8 Å². The molecule has 2 aliphatic heterocycles. The third-order valence-electron chi connectivity index (χ3n) is 6.37. The van der Waals surface area contributed by atoms with Gasteiger partial charge < -0.3 is 9.32 Å². The SMILES string of the molecule is CC1CCN(C2=NC(=O)C(=Cc3cn(-c4ccccc4)nc3-c3cc4ccccc4o3)S2)CC1. The lowest BCUT2D eigenvalue weighted by molar-refractivity contribution is -0.113. The van der Waals surface area contributed by atoms with E-state index in [1.165, 1.54) is 11.8 Å². The molecule has 0 radical (unpaired) electrons. The molecule has 34 heavy (non-hydrogen) atoms. The molecule has 6 nitrogen and oxygen atoms in total. The zero-order valence-corrected chi connectivity index (χ0v) is 19.7. The number of nitrogens with zero attached hydrogens (tertiary/aromatic N) is 4. The predicted molar refractivity (Wildman–Crippen MR) is 137 cm³/mol. The smallest absolute Gasteiger partial charge is 0.286 e. The highest BCUT2D eigenvalue weighted by molar-refractivity contribution is 8.18. The van der Waals surface area contributed by atoms with Crippen LogP contribution in [0.25, 0.3) is 34.2 Å². The lowest BCUT2D eigenvalue weighted by Gasteiger charge is -2.30. The Hall–Kier alpha value is -3.58. The van der Waals surface area contributed by atoms with Crippen LogP contribution in [0.15, 0.2) is 81.2 Å². The van der Waals surface area contributed by atoms with Gasteiger partial charge in [0.25, 0.3) is 5.91 Å². The van der Waals surface area contributed by atoms with Crippen molar-refractivity contribution in [2.75, 3.05) is 13.1 Å². The highest BCUT2D eigenvalue weighted by Crippen LogP contribution is 2.35. The van der Waals surface area contributed by atoms with Crippen molar-refractivity contribution in [3.8, 4) is 17.1 Å². The van der Waals surface area contributed by atoms with Gasteiger partial charge in [0.2, 0.25) is 0 Å². The highest BCUT2D eigenvalue weighted by Gasteiger charge is 2.29. The van der Waals surface area contributed by atoms with Crippen molar-refractivity contribution in [1.82, 2.24) is 14.7 Å². The summed E-state index contributed by atoms with van der Waals surface area (Å²) >= 11 is 1.46. The third kappa shape index (κ3) is 3.96. The van der Waals surface area contributed by atoms with E-state index in [9.17, 15) is 4.79 Å². The Labute approximate surface area is 202 Å². The van der Waals surface area contributed by atoms with Crippen LogP contribution >= 0.6 is 11.8 Å². The van der Waals surface area contributed by atoms with Crippen molar-refractivity contribution in [2.24, 2.45) is 10.9 Å². The summed E-state index contributed by atoms with van der Waals surface area (Å²) in [6.45, 7) is 4.18. The number of carbonyl (C=O) groups is 1. The summed E-state index contributed by atoms with van der Waals surface area (Å²) in [5.74, 6) is 1.20. The molecule has 1 saturated heterocycles. The number of likely N-dealkylation sites (tertiary alicyclic amines) is 1. The molecule has 0 saturated carbocycles. The molecule has 1 fully saturated rings. The van der Waals surface area contributed by atoms with Crippen molar-refractivity contribution in [1.29, 1.82) is 0 Å². The number of aromatic nitrogens is 2. The first kappa shape index (κ1) is 21.0. The quantitative estimate of drug-likeness (QED) is 0.346. The van der Waals surface area contributed by atoms with Crippen LogP contribution in [0.4, 0.5) is 0 Å². The molecule has 0 spiro atoms. The molecular weight excluding hydrogens is 444 g/mol. The topological polar surface area (TPSA) is 63.6 Å². The van der Waals surface area contributed by atoms with Crippen LogP contribution < -0.4 is 0 Å². The van der Waals surface area contributed by atoms with Gasteiger partial charge in [0.05, 0.1) is 10.6 Å². The second-order valence-electron chi connectivity index (χ2n) is 8.84. The number of aliphatic imine (C=N–C) groups is 1. The maximum absolute atomic E-state index is 12.8. The predicted octanol–water partition coefficient (Wildman–Crippen LogP) is 5.99. The molecule has 6 rings (SSSR count). The molecule has 4 heterocycles. The molecular formula is C27H24N4O2S. The van der Waals surface area contributed by atoms with E-state index in [1.807, 2.05) is 77.6 Å². The van der Waals surface area contributed by atoms with Crippen LogP contribution in [0.3, 0.4) is 0 Å². The van der Waals surface area contributed by atoms with Gasteiger partial charge in [0.15, 0.2) is 10.9 Å². The summed E-state index contributed by atoms with van der Waals surface area (Å²) in [6, 6.07) is 19.8.